The SMILES string of the molecule is CCOC(=O)C1(F)OC([C@H](OC(C)=O)[C@@H](CC)OC(C)=O)C(C)C(N)C1F.Cl. The van der Waals surface area contributed by atoms with E-state index in [1.807, 2.05) is 0 Å². The number of carbonyl (C=O) groups excluding carboxylic acids is 3. The number of alkyl halides is 2. The van der Waals surface area contributed by atoms with Crippen LogP contribution in [0.4, 0.5) is 8.78 Å². The number of hydrogen-bond acceptors (Lipinski definition) is 8. The van der Waals surface area contributed by atoms with Crippen LogP contribution in [0, 0.1) is 5.92 Å². The van der Waals surface area contributed by atoms with Gasteiger partial charge in [0, 0.05) is 25.8 Å². The second-order valence-corrected chi connectivity index (χ2v) is 6.42. The van der Waals surface area contributed by atoms with Crippen molar-refractivity contribution in [2.75, 3.05) is 6.61 Å². The number of hydrogen-bond donors (Lipinski definition) is 1. The van der Waals surface area contributed by atoms with E-state index in [-0.39, 0.29) is 25.4 Å². The van der Waals surface area contributed by atoms with Crippen LogP contribution in [0.2, 0.25) is 0 Å². The summed E-state index contributed by atoms with van der Waals surface area (Å²) in [6.45, 7) is 6.58. The van der Waals surface area contributed by atoms with Gasteiger partial charge in [0.2, 0.25) is 0 Å². The van der Waals surface area contributed by atoms with Crippen LogP contribution < -0.4 is 5.73 Å². The molecular formula is C17H28ClF2NO7. The summed E-state index contributed by atoms with van der Waals surface area (Å²) in [6.07, 6.45) is -5.95. The first-order valence-electron chi connectivity index (χ1n) is 8.77. The summed E-state index contributed by atoms with van der Waals surface area (Å²) in [6, 6.07) is -1.45. The maximum Gasteiger partial charge on any atom is 0.375 e. The van der Waals surface area contributed by atoms with Crippen molar-refractivity contribution in [2.24, 2.45) is 11.7 Å². The lowest BCUT2D eigenvalue weighted by Gasteiger charge is -2.46. The number of rotatable bonds is 7. The molecule has 0 aromatic carbocycles. The second kappa shape index (κ2) is 10.9. The van der Waals surface area contributed by atoms with Crippen molar-refractivity contribution in [3.8, 4) is 0 Å². The standard InChI is InChI=1S/C17H27F2NO7.ClH/c1-6-11(25-9(4)21)14(26-10(5)22)13-8(3)12(20)15(18)17(19,27-13)16(23)24-7-2;/h8,11-15H,6-7,20H2,1-5H3;1H/t8?,11-,12?,13?,14-,15?,17?;/m1./s1. The highest BCUT2D eigenvalue weighted by Crippen LogP contribution is 2.39. The predicted molar refractivity (Wildman–Crippen MR) is 96.0 cm³/mol. The molecule has 7 atom stereocenters. The molecule has 0 saturated carbocycles. The molecule has 1 aliphatic heterocycles. The van der Waals surface area contributed by atoms with Gasteiger partial charge in [0.25, 0.3) is 0 Å². The molecular weight excluding hydrogens is 404 g/mol. The Morgan fingerprint density at radius 3 is 2.14 bits per heavy atom. The number of carbonyl (C=O) groups is 3. The molecule has 1 heterocycles. The summed E-state index contributed by atoms with van der Waals surface area (Å²) in [4.78, 5) is 34.9. The third kappa shape index (κ3) is 5.74. The van der Waals surface area contributed by atoms with Crippen molar-refractivity contribution in [1.29, 1.82) is 0 Å². The minimum absolute atomic E-state index is 0. The van der Waals surface area contributed by atoms with Gasteiger partial charge in [0.15, 0.2) is 12.3 Å². The predicted octanol–water partition coefficient (Wildman–Crippen LogP) is 1.61. The lowest BCUT2D eigenvalue weighted by molar-refractivity contribution is -0.286. The smallest absolute Gasteiger partial charge is 0.375 e. The fourth-order valence-electron chi connectivity index (χ4n) is 3.00. The number of esters is 3. The largest absolute Gasteiger partial charge is 0.462 e. The maximum atomic E-state index is 15.1. The Morgan fingerprint density at radius 2 is 1.71 bits per heavy atom. The maximum absolute atomic E-state index is 15.1. The number of ether oxygens (including phenoxy) is 4. The first-order valence-corrected chi connectivity index (χ1v) is 8.77. The van der Waals surface area contributed by atoms with E-state index in [1.165, 1.54) is 13.8 Å². The van der Waals surface area contributed by atoms with Crippen LogP contribution in [-0.4, -0.2) is 60.9 Å². The van der Waals surface area contributed by atoms with E-state index in [4.69, 9.17) is 19.9 Å². The van der Waals surface area contributed by atoms with E-state index in [0.717, 1.165) is 13.8 Å². The van der Waals surface area contributed by atoms with Gasteiger partial charge in [-0.15, -0.1) is 12.4 Å². The first kappa shape index (κ1) is 26.5. The molecule has 11 heteroatoms. The summed E-state index contributed by atoms with van der Waals surface area (Å²) >= 11 is 0. The molecule has 1 aliphatic rings. The van der Waals surface area contributed by atoms with Crippen molar-refractivity contribution in [2.45, 2.75) is 77.4 Å². The molecule has 1 saturated heterocycles. The lowest BCUT2D eigenvalue weighted by Crippen LogP contribution is -2.67. The van der Waals surface area contributed by atoms with Gasteiger partial charge in [0.1, 0.15) is 12.2 Å². The molecule has 2 N–H and O–H groups in total. The van der Waals surface area contributed by atoms with E-state index in [1.54, 1.807) is 6.92 Å². The third-order valence-electron chi connectivity index (χ3n) is 4.39. The van der Waals surface area contributed by atoms with Crippen LogP contribution in [0.3, 0.4) is 0 Å². The molecule has 1 rings (SSSR count). The van der Waals surface area contributed by atoms with Crippen LogP contribution in [0.25, 0.3) is 0 Å². The minimum Gasteiger partial charge on any atom is -0.462 e. The van der Waals surface area contributed by atoms with Gasteiger partial charge >= 0.3 is 23.8 Å². The third-order valence-corrected chi connectivity index (χ3v) is 4.39. The molecule has 0 aliphatic carbocycles. The molecule has 0 spiro atoms. The van der Waals surface area contributed by atoms with Crippen LogP contribution >= 0.6 is 12.4 Å². The van der Waals surface area contributed by atoms with Gasteiger partial charge in [-0.25, -0.2) is 9.18 Å². The highest BCUT2D eigenvalue weighted by molar-refractivity contribution is 5.85. The Balaban J connectivity index is 0.00000729. The summed E-state index contributed by atoms with van der Waals surface area (Å²) in [5.41, 5.74) is 5.78. The Kier molecular flexibility index (Phi) is 10.3. The zero-order valence-corrected chi connectivity index (χ0v) is 17.3. The van der Waals surface area contributed by atoms with Crippen molar-refractivity contribution in [3.05, 3.63) is 0 Å². The van der Waals surface area contributed by atoms with Crippen LogP contribution in [-0.2, 0) is 33.3 Å². The summed E-state index contributed by atoms with van der Waals surface area (Å²) < 4.78 is 49.7. The monoisotopic (exact) mass is 431 g/mol. The second-order valence-electron chi connectivity index (χ2n) is 6.42. The van der Waals surface area contributed by atoms with E-state index in [0.29, 0.717) is 0 Å². The molecule has 5 unspecified atom stereocenters. The lowest BCUT2D eigenvalue weighted by atomic mass is 9.82. The van der Waals surface area contributed by atoms with Gasteiger partial charge in [0.05, 0.1) is 6.61 Å². The molecule has 8 nitrogen and oxygen atoms in total. The quantitative estimate of drug-likeness (QED) is 0.477. The molecule has 164 valence electrons. The highest BCUT2D eigenvalue weighted by Gasteiger charge is 2.62. The Labute approximate surface area is 168 Å². The average molecular weight is 432 g/mol. The molecule has 0 aromatic heterocycles. The van der Waals surface area contributed by atoms with Crippen molar-refractivity contribution >= 4 is 30.3 Å². The Hall–Kier alpha value is -1.52. The zero-order valence-electron chi connectivity index (χ0n) is 16.5. The number of halogens is 3. The topological polar surface area (TPSA) is 114 Å². The first-order chi connectivity index (χ1) is 12.5. The van der Waals surface area contributed by atoms with Crippen molar-refractivity contribution in [3.63, 3.8) is 0 Å². The summed E-state index contributed by atoms with van der Waals surface area (Å²) in [5, 5.41) is 0. The van der Waals surface area contributed by atoms with Crippen LogP contribution in [0.1, 0.15) is 41.0 Å². The zero-order chi connectivity index (χ0) is 20.9. The fraction of sp³-hybridized carbons (Fsp3) is 0.824. The van der Waals surface area contributed by atoms with Gasteiger partial charge in [-0.3, -0.25) is 9.59 Å². The average Bonchev–Trinajstić information content (AvgIpc) is 2.59. The fourth-order valence-corrected chi connectivity index (χ4v) is 3.00. The molecule has 1 fully saturated rings. The molecule has 0 radical (unpaired) electrons. The van der Waals surface area contributed by atoms with Gasteiger partial charge in [-0.2, -0.15) is 4.39 Å². The van der Waals surface area contributed by atoms with E-state index < -0.39 is 60.2 Å². The van der Waals surface area contributed by atoms with E-state index >= 15 is 4.39 Å². The highest BCUT2D eigenvalue weighted by atomic mass is 35.5. The van der Waals surface area contributed by atoms with Crippen LogP contribution in [0.15, 0.2) is 0 Å². The van der Waals surface area contributed by atoms with Gasteiger partial charge in [-0.05, 0) is 13.3 Å². The molecule has 0 aromatic rings. The van der Waals surface area contributed by atoms with Gasteiger partial charge < -0.3 is 24.7 Å². The molecule has 0 amide bonds. The minimum atomic E-state index is -3.47. The van der Waals surface area contributed by atoms with Crippen molar-refractivity contribution in [1.82, 2.24) is 0 Å². The molecule has 0 bridgehead atoms. The Morgan fingerprint density at radius 1 is 1.18 bits per heavy atom. The Bertz CT molecular complexity index is 568. The summed E-state index contributed by atoms with van der Waals surface area (Å²) in [5.74, 6) is -7.32. The van der Waals surface area contributed by atoms with Crippen molar-refractivity contribution < 1.29 is 42.1 Å². The van der Waals surface area contributed by atoms with E-state index in [2.05, 4.69) is 4.74 Å². The van der Waals surface area contributed by atoms with E-state index in [9.17, 15) is 18.8 Å². The normalized spacial score (nSPS) is 31.7. The van der Waals surface area contributed by atoms with Gasteiger partial charge in [-0.1, -0.05) is 13.8 Å². The van der Waals surface area contributed by atoms with Crippen LogP contribution in [0.5, 0.6) is 0 Å². The molecule has 28 heavy (non-hydrogen) atoms. The summed E-state index contributed by atoms with van der Waals surface area (Å²) in [7, 11) is 0. The number of nitrogens with two attached hydrogens (primary N) is 1.